The van der Waals surface area contributed by atoms with Crippen LogP contribution in [0.4, 0.5) is 0 Å². The van der Waals surface area contributed by atoms with Gasteiger partial charge < -0.3 is 19.2 Å². The molecular formula is C17H21N5O. The number of imidazole rings is 1. The molecule has 4 rings (SSSR count). The van der Waals surface area contributed by atoms with E-state index < -0.39 is 0 Å². The molecule has 0 atom stereocenters. The molecule has 1 fully saturated rings. The van der Waals surface area contributed by atoms with Gasteiger partial charge in [-0.05, 0) is 26.0 Å². The largest absolute Gasteiger partial charge is 0.411 e. The first-order valence-electron chi connectivity index (χ1n) is 7.98. The van der Waals surface area contributed by atoms with Gasteiger partial charge in [-0.15, -0.1) is 0 Å². The summed E-state index contributed by atoms with van der Waals surface area (Å²) in [6.07, 6.45) is 7.93. The van der Waals surface area contributed by atoms with Gasteiger partial charge in [0.1, 0.15) is 11.5 Å². The lowest BCUT2D eigenvalue weighted by Gasteiger charge is -2.26. The summed E-state index contributed by atoms with van der Waals surface area (Å²) in [5.41, 5.74) is 5.46. The lowest BCUT2D eigenvalue weighted by molar-refractivity contribution is 0.313. The molecule has 2 aliphatic heterocycles. The van der Waals surface area contributed by atoms with Crippen LogP contribution in [0.15, 0.2) is 35.4 Å². The van der Waals surface area contributed by atoms with Gasteiger partial charge in [-0.2, -0.15) is 0 Å². The fourth-order valence-corrected chi connectivity index (χ4v) is 3.68. The van der Waals surface area contributed by atoms with Crippen LogP contribution in [-0.4, -0.2) is 50.1 Å². The number of piperidine rings is 1. The monoisotopic (exact) mass is 311 g/mol. The number of hydrogen-bond donors (Lipinski definition) is 1. The van der Waals surface area contributed by atoms with Gasteiger partial charge in [0.2, 0.25) is 0 Å². The standard InChI is InChI=1S/C17H21N5O/c1-20-7-3-12(4-8-20)15-13-5-9-21(2)16(13)14(19-23)11-22-10-6-18-17(15)22/h5-6,9-10,23H,3-4,7-8,11H2,1-2H3. The molecule has 0 amide bonds. The Morgan fingerprint density at radius 3 is 2.70 bits per heavy atom. The van der Waals surface area contributed by atoms with Crippen molar-refractivity contribution in [3.05, 3.63) is 47.3 Å². The second kappa shape index (κ2) is 5.38. The molecule has 23 heavy (non-hydrogen) atoms. The summed E-state index contributed by atoms with van der Waals surface area (Å²) in [5.74, 6) is 0.982. The van der Waals surface area contributed by atoms with Crippen LogP contribution >= 0.6 is 0 Å². The fourth-order valence-electron chi connectivity index (χ4n) is 3.68. The zero-order valence-electron chi connectivity index (χ0n) is 13.5. The highest BCUT2D eigenvalue weighted by atomic mass is 16.4. The highest BCUT2D eigenvalue weighted by Gasteiger charge is 2.28. The molecule has 1 N–H and O–H groups in total. The summed E-state index contributed by atoms with van der Waals surface area (Å²) >= 11 is 0. The quantitative estimate of drug-likeness (QED) is 0.597. The van der Waals surface area contributed by atoms with Crippen molar-refractivity contribution in [1.29, 1.82) is 0 Å². The van der Waals surface area contributed by atoms with Gasteiger partial charge >= 0.3 is 0 Å². The zero-order valence-corrected chi connectivity index (χ0v) is 13.5. The maximum atomic E-state index is 9.52. The summed E-state index contributed by atoms with van der Waals surface area (Å²) in [5, 5.41) is 13.1. The number of nitrogens with zero attached hydrogens (tertiary/aromatic N) is 5. The van der Waals surface area contributed by atoms with E-state index in [2.05, 4.69) is 32.7 Å². The van der Waals surface area contributed by atoms with Crippen molar-refractivity contribution >= 4 is 11.3 Å². The molecule has 6 nitrogen and oxygen atoms in total. The minimum Gasteiger partial charge on any atom is -0.411 e. The lowest BCUT2D eigenvalue weighted by Crippen LogP contribution is -2.27. The SMILES string of the molecule is CN1CCC(=C2c3ccn(C)c3C(=NO)Cn3ccnc32)CC1. The third-order valence-electron chi connectivity index (χ3n) is 4.94. The van der Waals surface area contributed by atoms with Crippen LogP contribution in [0.25, 0.3) is 5.57 Å². The number of aryl methyl sites for hydroxylation is 1. The Morgan fingerprint density at radius 1 is 1.17 bits per heavy atom. The van der Waals surface area contributed by atoms with Gasteiger partial charge in [-0.1, -0.05) is 10.7 Å². The van der Waals surface area contributed by atoms with Gasteiger partial charge in [-0.3, -0.25) is 0 Å². The topological polar surface area (TPSA) is 58.6 Å². The van der Waals surface area contributed by atoms with E-state index in [1.165, 1.54) is 11.1 Å². The molecule has 2 aliphatic rings. The van der Waals surface area contributed by atoms with Gasteiger partial charge in [0.05, 0.1) is 12.2 Å². The van der Waals surface area contributed by atoms with E-state index in [0.29, 0.717) is 12.3 Å². The van der Waals surface area contributed by atoms with Crippen LogP contribution in [0.1, 0.15) is 29.9 Å². The molecular weight excluding hydrogens is 290 g/mol. The average Bonchev–Trinajstić information content (AvgIpc) is 3.12. The molecule has 0 radical (unpaired) electrons. The number of likely N-dealkylation sites (tertiary alicyclic amines) is 1. The van der Waals surface area contributed by atoms with Crippen LogP contribution in [0, 0.1) is 0 Å². The van der Waals surface area contributed by atoms with E-state index in [1.807, 2.05) is 30.2 Å². The Morgan fingerprint density at radius 2 is 1.96 bits per heavy atom. The molecule has 2 aromatic heterocycles. The predicted molar refractivity (Wildman–Crippen MR) is 88.7 cm³/mol. The predicted octanol–water partition coefficient (Wildman–Crippen LogP) is 1.94. The van der Waals surface area contributed by atoms with E-state index in [4.69, 9.17) is 0 Å². The van der Waals surface area contributed by atoms with Crippen LogP contribution in [0.5, 0.6) is 0 Å². The van der Waals surface area contributed by atoms with Gasteiger partial charge in [-0.25, -0.2) is 4.98 Å². The molecule has 0 saturated carbocycles. The van der Waals surface area contributed by atoms with E-state index >= 15 is 0 Å². The summed E-state index contributed by atoms with van der Waals surface area (Å²) in [4.78, 5) is 6.98. The number of fused-ring (bicyclic) bond motifs is 2. The van der Waals surface area contributed by atoms with Crippen molar-refractivity contribution in [2.24, 2.45) is 12.2 Å². The van der Waals surface area contributed by atoms with Crippen molar-refractivity contribution < 1.29 is 5.21 Å². The average molecular weight is 311 g/mol. The molecule has 0 bridgehead atoms. The van der Waals surface area contributed by atoms with Crippen molar-refractivity contribution in [3.8, 4) is 0 Å². The van der Waals surface area contributed by atoms with E-state index in [9.17, 15) is 5.21 Å². The highest BCUT2D eigenvalue weighted by Crippen LogP contribution is 2.35. The van der Waals surface area contributed by atoms with Crippen LogP contribution in [-0.2, 0) is 13.6 Å². The van der Waals surface area contributed by atoms with Crippen LogP contribution in [0.3, 0.4) is 0 Å². The summed E-state index contributed by atoms with van der Waals surface area (Å²) in [6.45, 7) is 2.68. The lowest BCUT2D eigenvalue weighted by atomic mass is 9.92. The van der Waals surface area contributed by atoms with Crippen molar-refractivity contribution in [2.45, 2.75) is 19.4 Å². The Hall–Kier alpha value is -2.34. The molecule has 120 valence electrons. The molecule has 0 aliphatic carbocycles. The molecule has 0 unspecified atom stereocenters. The molecule has 6 heteroatoms. The number of oxime groups is 1. The first-order chi connectivity index (χ1) is 11.2. The number of aromatic nitrogens is 3. The molecule has 2 aromatic rings. The molecule has 1 saturated heterocycles. The first-order valence-corrected chi connectivity index (χ1v) is 7.98. The fraction of sp³-hybridized carbons (Fsp3) is 0.412. The zero-order chi connectivity index (χ0) is 16.0. The van der Waals surface area contributed by atoms with Gasteiger partial charge in [0.15, 0.2) is 0 Å². The Balaban J connectivity index is 1.97. The minimum absolute atomic E-state index is 0.535. The maximum absolute atomic E-state index is 9.52. The summed E-state index contributed by atoms with van der Waals surface area (Å²) < 4.78 is 4.11. The Bertz CT molecular complexity index is 801. The normalized spacial score (nSPS) is 20.5. The van der Waals surface area contributed by atoms with Crippen molar-refractivity contribution in [1.82, 2.24) is 19.0 Å². The summed E-state index contributed by atoms with van der Waals surface area (Å²) in [7, 11) is 4.16. The van der Waals surface area contributed by atoms with Gasteiger partial charge in [0, 0.05) is 49.9 Å². The third-order valence-corrected chi connectivity index (χ3v) is 4.94. The number of hydrogen-bond acceptors (Lipinski definition) is 4. The van der Waals surface area contributed by atoms with E-state index in [1.54, 1.807) is 0 Å². The van der Waals surface area contributed by atoms with Crippen LogP contribution in [0.2, 0.25) is 0 Å². The van der Waals surface area contributed by atoms with Crippen molar-refractivity contribution in [3.63, 3.8) is 0 Å². The third kappa shape index (κ3) is 2.21. The maximum Gasteiger partial charge on any atom is 0.140 e. The van der Waals surface area contributed by atoms with E-state index in [0.717, 1.165) is 43.0 Å². The molecule has 0 spiro atoms. The second-order valence-corrected chi connectivity index (χ2v) is 6.40. The summed E-state index contributed by atoms with van der Waals surface area (Å²) in [6, 6.07) is 2.12. The Kier molecular flexibility index (Phi) is 3.34. The minimum atomic E-state index is 0.535. The van der Waals surface area contributed by atoms with Crippen LogP contribution < -0.4 is 0 Å². The molecule has 0 aromatic carbocycles. The second-order valence-electron chi connectivity index (χ2n) is 6.40. The first kappa shape index (κ1) is 14.3. The molecule has 4 heterocycles. The van der Waals surface area contributed by atoms with Crippen molar-refractivity contribution in [2.75, 3.05) is 20.1 Å². The highest BCUT2D eigenvalue weighted by molar-refractivity contribution is 6.05. The smallest absolute Gasteiger partial charge is 0.140 e. The van der Waals surface area contributed by atoms with Gasteiger partial charge in [0.25, 0.3) is 0 Å². The number of rotatable bonds is 0. The van der Waals surface area contributed by atoms with E-state index in [-0.39, 0.29) is 0 Å². The Labute approximate surface area is 135 Å².